The topological polar surface area (TPSA) is 68.8 Å². The van der Waals surface area contributed by atoms with Gasteiger partial charge in [-0.3, -0.25) is 5.84 Å². The summed E-state index contributed by atoms with van der Waals surface area (Å²) in [6.07, 6.45) is 1.74. The van der Waals surface area contributed by atoms with Crippen LogP contribution in [0.2, 0.25) is 0 Å². The largest absolute Gasteiger partial charge is 0.270 e. The second kappa shape index (κ2) is 5.54. The number of nitrogens with two attached hydrogens (primary N) is 1. The number of hydrazine groups is 1. The van der Waals surface area contributed by atoms with Crippen molar-refractivity contribution in [2.24, 2.45) is 5.84 Å². The molecule has 20 heavy (non-hydrogen) atoms. The molecule has 6 heteroatoms. The number of aromatic nitrogens is 3. The van der Waals surface area contributed by atoms with Crippen LogP contribution in [0.25, 0.3) is 5.69 Å². The Bertz CT molecular complexity index is 688. The molecule has 0 radical (unpaired) electrons. The first-order valence-corrected chi connectivity index (χ1v) is 7.09. The lowest BCUT2D eigenvalue weighted by atomic mass is 10.2. The molecule has 2 heterocycles. The Morgan fingerprint density at radius 2 is 2.00 bits per heavy atom. The highest BCUT2D eigenvalue weighted by molar-refractivity contribution is 7.12. The summed E-state index contributed by atoms with van der Waals surface area (Å²) in [6.45, 7) is 2.07. The fraction of sp³-hybridized carbons (Fsp3) is 0.143. The summed E-state index contributed by atoms with van der Waals surface area (Å²) >= 11 is 1.70. The Morgan fingerprint density at radius 1 is 1.20 bits per heavy atom. The smallest absolute Gasteiger partial charge is 0.107 e. The fourth-order valence-electron chi connectivity index (χ4n) is 2.01. The highest BCUT2D eigenvalue weighted by Gasteiger charge is 2.18. The Labute approximate surface area is 121 Å². The number of thiophene rings is 1. The first-order chi connectivity index (χ1) is 9.78. The highest BCUT2D eigenvalue weighted by Crippen LogP contribution is 2.26. The molecule has 0 bridgehead atoms. The van der Waals surface area contributed by atoms with Gasteiger partial charge in [0.15, 0.2) is 0 Å². The molecule has 3 N–H and O–H groups in total. The van der Waals surface area contributed by atoms with Crippen LogP contribution in [0, 0.1) is 6.92 Å². The lowest BCUT2D eigenvalue weighted by molar-refractivity contribution is 0.617. The van der Waals surface area contributed by atoms with Crippen molar-refractivity contribution in [3.8, 4) is 5.69 Å². The van der Waals surface area contributed by atoms with E-state index in [1.165, 1.54) is 4.88 Å². The third-order valence-corrected chi connectivity index (χ3v) is 4.07. The van der Waals surface area contributed by atoms with E-state index in [-0.39, 0.29) is 6.04 Å². The minimum atomic E-state index is -0.133. The maximum atomic E-state index is 5.67. The quantitative estimate of drug-likeness (QED) is 0.569. The highest BCUT2D eigenvalue weighted by atomic mass is 32.1. The molecule has 0 saturated heterocycles. The molecule has 2 aromatic heterocycles. The molecule has 102 valence electrons. The van der Waals surface area contributed by atoms with Crippen LogP contribution in [-0.2, 0) is 0 Å². The van der Waals surface area contributed by atoms with E-state index in [1.54, 1.807) is 22.3 Å². The van der Waals surface area contributed by atoms with Crippen molar-refractivity contribution in [3.63, 3.8) is 0 Å². The third-order valence-electron chi connectivity index (χ3n) is 3.00. The van der Waals surface area contributed by atoms with E-state index in [4.69, 9.17) is 5.84 Å². The summed E-state index contributed by atoms with van der Waals surface area (Å²) in [5.41, 5.74) is 4.54. The van der Waals surface area contributed by atoms with Gasteiger partial charge >= 0.3 is 0 Å². The van der Waals surface area contributed by atoms with E-state index < -0.39 is 0 Å². The van der Waals surface area contributed by atoms with Gasteiger partial charge in [0.1, 0.15) is 11.7 Å². The van der Waals surface area contributed by atoms with Crippen molar-refractivity contribution in [3.05, 3.63) is 64.1 Å². The second-order valence-corrected chi connectivity index (χ2v) is 5.76. The summed E-state index contributed by atoms with van der Waals surface area (Å²) in [7, 11) is 0. The molecule has 0 amide bonds. The van der Waals surface area contributed by atoms with Gasteiger partial charge in [-0.05, 0) is 31.2 Å². The molecular formula is C14H15N5S. The van der Waals surface area contributed by atoms with Gasteiger partial charge in [-0.2, -0.15) is 15.0 Å². The lowest BCUT2D eigenvalue weighted by Gasteiger charge is -2.10. The van der Waals surface area contributed by atoms with Crippen molar-refractivity contribution < 1.29 is 0 Å². The molecule has 0 saturated carbocycles. The number of nitrogens with one attached hydrogen (secondary N) is 1. The fourth-order valence-corrected chi connectivity index (χ4v) is 2.97. The zero-order chi connectivity index (χ0) is 13.9. The summed E-state index contributed by atoms with van der Waals surface area (Å²) in [5, 5.41) is 8.81. The number of benzene rings is 1. The van der Waals surface area contributed by atoms with Crippen molar-refractivity contribution in [2.75, 3.05) is 0 Å². The van der Waals surface area contributed by atoms with E-state index >= 15 is 0 Å². The normalized spacial score (nSPS) is 12.5. The molecule has 1 aromatic carbocycles. The van der Waals surface area contributed by atoms with E-state index in [2.05, 4.69) is 34.7 Å². The van der Waals surface area contributed by atoms with Crippen LogP contribution >= 0.6 is 11.3 Å². The van der Waals surface area contributed by atoms with Gasteiger partial charge < -0.3 is 0 Å². The summed E-state index contributed by atoms with van der Waals surface area (Å²) in [5.74, 6) is 5.67. The first-order valence-electron chi connectivity index (χ1n) is 6.28. The molecule has 3 aromatic rings. The molecule has 0 fully saturated rings. The molecule has 1 atom stereocenters. The summed E-state index contributed by atoms with van der Waals surface area (Å²) < 4.78 is 0. The molecule has 1 unspecified atom stereocenters. The number of aryl methyl sites for hydroxylation is 1. The van der Waals surface area contributed by atoms with Crippen molar-refractivity contribution in [1.29, 1.82) is 0 Å². The Morgan fingerprint density at radius 3 is 2.65 bits per heavy atom. The second-order valence-electron chi connectivity index (χ2n) is 4.44. The molecule has 0 spiro atoms. The predicted octanol–water partition coefficient (Wildman–Crippen LogP) is 2.19. The monoisotopic (exact) mass is 285 g/mol. The minimum Gasteiger partial charge on any atom is -0.270 e. The number of hydrogen-bond donors (Lipinski definition) is 2. The van der Waals surface area contributed by atoms with Gasteiger partial charge in [0.25, 0.3) is 0 Å². The number of para-hydroxylation sites is 1. The standard InChI is InChI=1S/C14H15N5S/c1-10-7-8-13(20-10)14(17-15)12-9-16-19(18-12)11-5-3-2-4-6-11/h2-9,14,17H,15H2,1H3. The Balaban J connectivity index is 1.92. The van der Waals surface area contributed by atoms with Gasteiger partial charge in [0, 0.05) is 9.75 Å². The average molecular weight is 285 g/mol. The van der Waals surface area contributed by atoms with Crippen LogP contribution in [0.3, 0.4) is 0 Å². The maximum Gasteiger partial charge on any atom is 0.107 e. The Hall–Kier alpha value is -2.02. The lowest BCUT2D eigenvalue weighted by Crippen LogP contribution is -2.28. The van der Waals surface area contributed by atoms with Crippen LogP contribution in [0.5, 0.6) is 0 Å². The number of nitrogens with zero attached hydrogens (tertiary/aromatic N) is 3. The molecule has 0 aliphatic carbocycles. The van der Waals surface area contributed by atoms with Crippen LogP contribution in [0.15, 0.2) is 48.7 Å². The molecular weight excluding hydrogens is 270 g/mol. The maximum absolute atomic E-state index is 5.67. The average Bonchev–Trinajstić information content (AvgIpc) is 3.11. The Kier molecular flexibility index (Phi) is 3.60. The third kappa shape index (κ3) is 2.49. The van der Waals surface area contributed by atoms with Crippen molar-refractivity contribution >= 4 is 11.3 Å². The van der Waals surface area contributed by atoms with E-state index in [1.807, 2.05) is 30.3 Å². The van der Waals surface area contributed by atoms with Crippen LogP contribution in [0.4, 0.5) is 0 Å². The van der Waals surface area contributed by atoms with E-state index in [9.17, 15) is 0 Å². The zero-order valence-electron chi connectivity index (χ0n) is 11.0. The van der Waals surface area contributed by atoms with Crippen molar-refractivity contribution in [2.45, 2.75) is 13.0 Å². The minimum absolute atomic E-state index is 0.133. The SMILES string of the molecule is Cc1ccc(C(NN)c2cnn(-c3ccccc3)n2)s1. The molecule has 5 nitrogen and oxygen atoms in total. The molecule has 0 aliphatic rings. The molecule has 0 aliphatic heterocycles. The number of hydrogen-bond acceptors (Lipinski definition) is 5. The van der Waals surface area contributed by atoms with E-state index in [0.717, 1.165) is 16.3 Å². The first kappa shape index (κ1) is 13.0. The van der Waals surface area contributed by atoms with Crippen LogP contribution in [0.1, 0.15) is 21.5 Å². The molecule has 3 rings (SSSR count). The van der Waals surface area contributed by atoms with Crippen LogP contribution < -0.4 is 11.3 Å². The number of rotatable bonds is 4. The van der Waals surface area contributed by atoms with E-state index in [0.29, 0.717) is 0 Å². The summed E-state index contributed by atoms with van der Waals surface area (Å²) in [6, 6.07) is 13.8. The van der Waals surface area contributed by atoms with Gasteiger partial charge in [-0.15, -0.1) is 11.3 Å². The van der Waals surface area contributed by atoms with Gasteiger partial charge in [0.2, 0.25) is 0 Å². The van der Waals surface area contributed by atoms with Gasteiger partial charge in [0.05, 0.1) is 11.9 Å². The predicted molar refractivity (Wildman–Crippen MR) is 79.6 cm³/mol. The zero-order valence-corrected chi connectivity index (χ0v) is 11.8. The van der Waals surface area contributed by atoms with Crippen molar-refractivity contribution in [1.82, 2.24) is 20.4 Å². The van der Waals surface area contributed by atoms with Gasteiger partial charge in [-0.1, -0.05) is 18.2 Å². The summed E-state index contributed by atoms with van der Waals surface area (Å²) in [4.78, 5) is 3.99. The van der Waals surface area contributed by atoms with Crippen LogP contribution in [-0.4, -0.2) is 15.0 Å². The van der Waals surface area contributed by atoms with Gasteiger partial charge in [-0.25, -0.2) is 5.43 Å².